The summed E-state index contributed by atoms with van der Waals surface area (Å²) in [6, 6.07) is 0. The largest absolute Gasteiger partial charge is 0.476 e. The molecule has 1 amide bonds. The van der Waals surface area contributed by atoms with Gasteiger partial charge in [-0.15, -0.1) is 0 Å². The molecule has 8 nitrogen and oxygen atoms in total. The smallest absolute Gasteiger partial charge is 0.410 e. The number of fused-ring (bicyclic) bond motifs is 4. The molecule has 1 saturated heterocycles. The number of thioether (sulfide) groups is 1. The molecule has 0 spiro atoms. The lowest BCUT2D eigenvalue weighted by Gasteiger charge is -2.36. The number of carboxylic acid groups (broad SMARTS) is 1. The Labute approximate surface area is 253 Å². The molecule has 226 valence electrons. The third kappa shape index (κ3) is 5.87. The summed E-state index contributed by atoms with van der Waals surface area (Å²) in [5, 5.41) is 10.1. The fraction of sp³-hybridized carbons (Fsp3) is 0.606. The summed E-state index contributed by atoms with van der Waals surface area (Å²) in [6.07, 6.45) is 13.0. The highest BCUT2D eigenvalue weighted by atomic mass is 32.2. The maximum Gasteiger partial charge on any atom is 0.410 e. The molecule has 0 bridgehead atoms. The molecular formula is C33H44N4O4S. The number of hydrogen-bond acceptors (Lipinski definition) is 7. The quantitative estimate of drug-likeness (QED) is 0.444. The molecule has 6 aliphatic rings. The second kappa shape index (κ2) is 11.7. The number of rotatable bonds is 5. The fourth-order valence-corrected chi connectivity index (χ4v) is 8.28. The molecule has 6 rings (SSSR count). The van der Waals surface area contributed by atoms with Gasteiger partial charge in [-0.05, 0) is 74.3 Å². The summed E-state index contributed by atoms with van der Waals surface area (Å²) >= 11 is 1.37. The van der Waals surface area contributed by atoms with Crippen molar-refractivity contribution in [2.45, 2.75) is 65.4 Å². The van der Waals surface area contributed by atoms with E-state index in [4.69, 9.17) is 4.74 Å². The second-order valence-electron chi connectivity index (χ2n) is 13.4. The Morgan fingerprint density at radius 1 is 1.05 bits per heavy atom. The molecule has 0 aromatic rings. The molecule has 42 heavy (non-hydrogen) atoms. The van der Waals surface area contributed by atoms with E-state index in [0.29, 0.717) is 25.6 Å². The van der Waals surface area contributed by atoms with Gasteiger partial charge in [0.1, 0.15) is 5.60 Å². The first-order valence-electron chi connectivity index (χ1n) is 15.6. The highest BCUT2D eigenvalue weighted by Crippen LogP contribution is 2.57. The van der Waals surface area contributed by atoms with Crippen molar-refractivity contribution in [3.05, 3.63) is 56.7 Å². The van der Waals surface area contributed by atoms with Crippen LogP contribution in [0.2, 0.25) is 0 Å². The van der Waals surface area contributed by atoms with E-state index >= 15 is 0 Å². The van der Waals surface area contributed by atoms with Crippen LogP contribution in [0.5, 0.6) is 0 Å². The molecule has 9 heteroatoms. The second-order valence-corrected chi connectivity index (χ2v) is 14.4. The van der Waals surface area contributed by atoms with Gasteiger partial charge in [0.2, 0.25) is 0 Å². The van der Waals surface area contributed by atoms with E-state index < -0.39 is 11.6 Å². The highest BCUT2D eigenvalue weighted by molar-refractivity contribution is 8.19. The molecule has 1 unspecified atom stereocenters. The molecule has 2 fully saturated rings. The van der Waals surface area contributed by atoms with Crippen molar-refractivity contribution in [3.8, 4) is 0 Å². The van der Waals surface area contributed by atoms with Gasteiger partial charge < -0.3 is 19.6 Å². The van der Waals surface area contributed by atoms with Crippen molar-refractivity contribution in [3.63, 3.8) is 0 Å². The van der Waals surface area contributed by atoms with E-state index in [2.05, 4.69) is 40.1 Å². The lowest BCUT2D eigenvalue weighted by molar-refractivity contribution is -0.129. The van der Waals surface area contributed by atoms with Crippen LogP contribution in [0.15, 0.2) is 61.7 Å². The topological polar surface area (TPSA) is 85.7 Å². The van der Waals surface area contributed by atoms with Gasteiger partial charge in [-0.1, -0.05) is 48.7 Å². The van der Waals surface area contributed by atoms with Gasteiger partial charge in [0.15, 0.2) is 5.04 Å². The van der Waals surface area contributed by atoms with Crippen LogP contribution in [-0.2, 0) is 9.53 Å². The Bertz CT molecular complexity index is 1330. The van der Waals surface area contributed by atoms with E-state index in [9.17, 15) is 14.7 Å². The molecule has 1 saturated carbocycles. The van der Waals surface area contributed by atoms with Crippen molar-refractivity contribution >= 4 is 28.9 Å². The van der Waals surface area contributed by atoms with E-state index in [0.717, 1.165) is 37.6 Å². The van der Waals surface area contributed by atoms with Crippen LogP contribution in [0.1, 0.15) is 59.8 Å². The predicted octanol–water partition coefficient (Wildman–Crippen LogP) is 5.62. The zero-order valence-electron chi connectivity index (χ0n) is 25.4. The predicted molar refractivity (Wildman–Crippen MR) is 167 cm³/mol. The summed E-state index contributed by atoms with van der Waals surface area (Å²) in [6.45, 7) is 13.9. The Morgan fingerprint density at radius 2 is 1.79 bits per heavy atom. The SMILES string of the molecule is CC1=CC=C2C(C3CCCCC3)=C3C(=CN(CCN4CCN(C(=O)OC(C)(C)C)CC4)CC4=C3SC(C(=O)O)=NC4)C12. The van der Waals surface area contributed by atoms with Gasteiger partial charge in [0.25, 0.3) is 0 Å². The van der Waals surface area contributed by atoms with Gasteiger partial charge in [-0.3, -0.25) is 9.89 Å². The number of carbonyl (C=O) groups excluding carboxylic acids is 1. The number of piperazine rings is 1. The number of nitrogens with zero attached hydrogens (tertiary/aromatic N) is 4. The molecule has 0 aromatic carbocycles. The number of allylic oxidation sites excluding steroid dienone is 7. The minimum absolute atomic E-state index is 0.207. The van der Waals surface area contributed by atoms with Crippen LogP contribution in [-0.4, -0.2) is 94.9 Å². The maximum atomic E-state index is 12.5. The van der Waals surface area contributed by atoms with Crippen molar-refractivity contribution in [1.29, 1.82) is 0 Å². The summed E-state index contributed by atoms with van der Waals surface area (Å²) in [4.78, 5) is 36.9. The van der Waals surface area contributed by atoms with E-state index in [1.807, 2.05) is 25.7 Å². The number of aliphatic imine (C=N–C) groups is 1. The van der Waals surface area contributed by atoms with Crippen molar-refractivity contribution < 1.29 is 19.4 Å². The number of carbonyl (C=O) groups is 2. The van der Waals surface area contributed by atoms with Crippen LogP contribution in [0.3, 0.4) is 0 Å². The van der Waals surface area contributed by atoms with Crippen LogP contribution in [0.25, 0.3) is 0 Å². The summed E-state index contributed by atoms with van der Waals surface area (Å²) in [5.41, 5.74) is 7.69. The zero-order valence-corrected chi connectivity index (χ0v) is 26.3. The first kappa shape index (κ1) is 29.3. The van der Waals surface area contributed by atoms with Crippen LogP contribution in [0.4, 0.5) is 4.79 Å². The Kier molecular flexibility index (Phi) is 8.17. The molecule has 1 N–H and O–H groups in total. The van der Waals surface area contributed by atoms with Gasteiger partial charge in [0.05, 0.1) is 6.54 Å². The Hall–Kier alpha value is -2.78. The van der Waals surface area contributed by atoms with Gasteiger partial charge in [0, 0.05) is 62.8 Å². The molecule has 3 heterocycles. The molecule has 0 radical (unpaired) electrons. The lowest BCUT2D eigenvalue weighted by Crippen LogP contribution is -2.51. The third-order valence-corrected chi connectivity index (χ3v) is 10.5. The standard InChI is InChI=1S/C33H44N4O4S/c1-21-10-11-24-26(21)25-20-36(13-12-35-14-16-37(17-15-35)32(40)41-33(2,3)4)19-23-18-34-30(31(38)39)42-29(23)28(25)27(24)22-8-6-5-7-9-22/h10-11,20,22,26H,5-9,12-19H2,1-4H3,(H,38,39). The average molecular weight is 593 g/mol. The monoisotopic (exact) mass is 592 g/mol. The first-order chi connectivity index (χ1) is 20.1. The molecular weight excluding hydrogens is 548 g/mol. The lowest BCUT2D eigenvalue weighted by atomic mass is 9.80. The van der Waals surface area contributed by atoms with Crippen molar-refractivity contribution in [1.82, 2.24) is 14.7 Å². The minimum Gasteiger partial charge on any atom is -0.476 e. The number of aliphatic carboxylic acids is 1. The van der Waals surface area contributed by atoms with Gasteiger partial charge in [-0.2, -0.15) is 0 Å². The van der Waals surface area contributed by atoms with Crippen LogP contribution < -0.4 is 0 Å². The highest BCUT2D eigenvalue weighted by Gasteiger charge is 2.44. The van der Waals surface area contributed by atoms with E-state index in [-0.39, 0.29) is 17.1 Å². The van der Waals surface area contributed by atoms with E-state index in [1.54, 1.807) is 0 Å². The summed E-state index contributed by atoms with van der Waals surface area (Å²) < 4.78 is 5.57. The fourth-order valence-electron chi connectivity index (χ4n) is 7.27. The molecule has 1 atom stereocenters. The molecule has 3 aliphatic heterocycles. The van der Waals surface area contributed by atoms with Crippen LogP contribution >= 0.6 is 11.8 Å². The van der Waals surface area contributed by atoms with Crippen molar-refractivity contribution in [2.75, 3.05) is 52.4 Å². The average Bonchev–Trinajstić information content (AvgIpc) is 3.43. The van der Waals surface area contributed by atoms with Crippen molar-refractivity contribution in [2.24, 2.45) is 16.8 Å². The zero-order chi connectivity index (χ0) is 29.6. The number of carboxylic acids is 1. The normalized spacial score (nSPS) is 25.3. The van der Waals surface area contributed by atoms with Gasteiger partial charge >= 0.3 is 12.1 Å². The van der Waals surface area contributed by atoms with Crippen LogP contribution in [0, 0.1) is 11.8 Å². The number of amides is 1. The molecule has 0 aromatic heterocycles. The van der Waals surface area contributed by atoms with Gasteiger partial charge in [-0.25, -0.2) is 9.59 Å². The Morgan fingerprint density at radius 3 is 2.48 bits per heavy atom. The summed E-state index contributed by atoms with van der Waals surface area (Å²) in [5.74, 6) is -0.143. The number of hydrogen-bond donors (Lipinski definition) is 1. The minimum atomic E-state index is -0.933. The number of ether oxygens (including phenoxy) is 1. The Balaban J connectivity index is 1.25. The van der Waals surface area contributed by atoms with E-state index in [1.165, 1.54) is 77.3 Å². The molecule has 3 aliphatic carbocycles. The third-order valence-electron chi connectivity index (χ3n) is 9.27. The first-order valence-corrected chi connectivity index (χ1v) is 16.4. The maximum absolute atomic E-state index is 12.5. The summed E-state index contributed by atoms with van der Waals surface area (Å²) in [7, 11) is 0.